The Morgan fingerprint density at radius 3 is 2.42 bits per heavy atom. The molecule has 1 aromatic heterocycles. The molecule has 0 bridgehead atoms. The Hall–Kier alpha value is -3.21. The number of fused-ring (bicyclic) bond motifs is 3. The Morgan fingerprint density at radius 2 is 1.71 bits per heavy atom. The zero-order valence-corrected chi connectivity index (χ0v) is 13.1. The van der Waals surface area contributed by atoms with Gasteiger partial charge in [-0.1, -0.05) is 42.5 Å². The van der Waals surface area contributed by atoms with Crippen LogP contribution < -0.4 is 5.32 Å². The number of para-hydroxylation sites is 1. The molecule has 4 rings (SSSR count). The SMILES string of the molecule is CCNC(=O)c1nn(-c2ccccc2)c2c1C(=O)c1ccccc1-2. The zero-order valence-electron chi connectivity index (χ0n) is 13.1. The van der Waals surface area contributed by atoms with Gasteiger partial charge in [0.2, 0.25) is 0 Å². The van der Waals surface area contributed by atoms with Gasteiger partial charge < -0.3 is 5.32 Å². The van der Waals surface area contributed by atoms with Gasteiger partial charge in [-0.3, -0.25) is 9.59 Å². The van der Waals surface area contributed by atoms with E-state index < -0.39 is 0 Å². The van der Waals surface area contributed by atoms with Crippen LogP contribution in [0, 0.1) is 0 Å². The molecule has 1 N–H and O–H groups in total. The molecule has 2 aromatic carbocycles. The summed E-state index contributed by atoms with van der Waals surface area (Å²) in [5, 5.41) is 7.19. The molecule has 0 spiro atoms. The van der Waals surface area contributed by atoms with Crippen LogP contribution in [-0.4, -0.2) is 28.0 Å². The molecule has 3 aromatic rings. The summed E-state index contributed by atoms with van der Waals surface area (Å²) >= 11 is 0. The molecule has 5 nitrogen and oxygen atoms in total. The second-order valence-electron chi connectivity index (χ2n) is 5.55. The molecule has 1 amide bonds. The van der Waals surface area contributed by atoms with E-state index in [1.165, 1.54) is 0 Å². The van der Waals surface area contributed by atoms with Crippen molar-refractivity contribution in [1.29, 1.82) is 0 Å². The monoisotopic (exact) mass is 317 g/mol. The molecule has 0 saturated carbocycles. The van der Waals surface area contributed by atoms with Gasteiger partial charge in [-0.2, -0.15) is 5.10 Å². The highest BCUT2D eigenvalue weighted by Gasteiger charge is 2.36. The first-order valence-corrected chi connectivity index (χ1v) is 7.83. The van der Waals surface area contributed by atoms with E-state index in [0.717, 1.165) is 11.3 Å². The van der Waals surface area contributed by atoms with Gasteiger partial charge in [-0.05, 0) is 19.1 Å². The molecule has 0 unspecified atom stereocenters. The van der Waals surface area contributed by atoms with Crippen LogP contribution in [0.25, 0.3) is 16.9 Å². The highest BCUT2D eigenvalue weighted by atomic mass is 16.2. The van der Waals surface area contributed by atoms with Crippen LogP contribution >= 0.6 is 0 Å². The highest BCUT2D eigenvalue weighted by molar-refractivity contribution is 6.25. The summed E-state index contributed by atoms with van der Waals surface area (Å²) in [5.74, 6) is -0.478. The number of aromatic nitrogens is 2. The number of ketones is 1. The lowest BCUT2D eigenvalue weighted by atomic mass is 10.1. The van der Waals surface area contributed by atoms with Crippen molar-refractivity contribution in [2.75, 3.05) is 6.54 Å². The number of carbonyl (C=O) groups excluding carboxylic acids is 2. The predicted octanol–water partition coefficient (Wildman–Crippen LogP) is 2.83. The Balaban J connectivity index is 2.01. The van der Waals surface area contributed by atoms with Crippen LogP contribution in [0.1, 0.15) is 33.3 Å². The van der Waals surface area contributed by atoms with Gasteiger partial charge in [0, 0.05) is 17.7 Å². The maximum Gasteiger partial charge on any atom is 0.272 e. The smallest absolute Gasteiger partial charge is 0.272 e. The third-order valence-corrected chi connectivity index (χ3v) is 4.09. The number of amides is 1. The molecule has 0 fully saturated rings. The van der Waals surface area contributed by atoms with Crippen molar-refractivity contribution in [1.82, 2.24) is 15.1 Å². The lowest BCUT2D eigenvalue weighted by Crippen LogP contribution is -2.25. The lowest BCUT2D eigenvalue weighted by molar-refractivity contribution is 0.0940. The van der Waals surface area contributed by atoms with Crippen LogP contribution in [-0.2, 0) is 0 Å². The van der Waals surface area contributed by atoms with Crippen LogP contribution in [0.3, 0.4) is 0 Å². The standard InChI is InChI=1S/C19H15N3O2/c1-2-20-19(24)16-15-17(13-10-6-7-11-14(13)18(15)23)22(21-16)12-8-4-3-5-9-12/h3-11H,2H2,1H3,(H,20,24). The second kappa shape index (κ2) is 5.45. The van der Waals surface area contributed by atoms with Gasteiger partial charge in [0.15, 0.2) is 11.5 Å². The predicted molar refractivity (Wildman–Crippen MR) is 90.4 cm³/mol. The zero-order chi connectivity index (χ0) is 16.7. The minimum atomic E-state index is -0.329. The third kappa shape index (κ3) is 1.98. The number of nitrogens with zero attached hydrogens (tertiary/aromatic N) is 2. The van der Waals surface area contributed by atoms with Crippen molar-refractivity contribution in [2.24, 2.45) is 0 Å². The summed E-state index contributed by atoms with van der Waals surface area (Å²) in [6.45, 7) is 2.32. The summed E-state index contributed by atoms with van der Waals surface area (Å²) < 4.78 is 1.68. The number of carbonyl (C=O) groups is 2. The average molecular weight is 317 g/mol. The van der Waals surface area contributed by atoms with Crippen molar-refractivity contribution in [3.8, 4) is 16.9 Å². The van der Waals surface area contributed by atoms with E-state index in [4.69, 9.17) is 0 Å². The van der Waals surface area contributed by atoms with E-state index in [-0.39, 0.29) is 17.4 Å². The maximum atomic E-state index is 12.8. The lowest BCUT2D eigenvalue weighted by Gasteiger charge is -2.06. The van der Waals surface area contributed by atoms with E-state index in [0.29, 0.717) is 23.4 Å². The van der Waals surface area contributed by atoms with E-state index >= 15 is 0 Å². The molecule has 5 heteroatoms. The molecular weight excluding hydrogens is 302 g/mol. The molecule has 1 aliphatic rings. The van der Waals surface area contributed by atoms with Crippen molar-refractivity contribution < 1.29 is 9.59 Å². The Labute approximate surface area is 138 Å². The van der Waals surface area contributed by atoms with Gasteiger partial charge in [0.1, 0.15) is 0 Å². The number of benzene rings is 2. The third-order valence-electron chi connectivity index (χ3n) is 4.09. The minimum absolute atomic E-state index is 0.149. The van der Waals surface area contributed by atoms with Gasteiger partial charge in [0.25, 0.3) is 5.91 Å². The number of hydrogen-bond donors (Lipinski definition) is 1. The molecule has 24 heavy (non-hydrogen) atoms. The molecule has 1 aliphatic carbocycles. The van der Waals surface area contributed by atoms with Crippen LogP contribution in [0.2, 0.25) is 0 Å². The summed E-state index contributed by atoms with van der Waals surface area (Å²) in [7, 11) is 0. The first-order valence-electron chi connectivity index (χ1n) is 7.83. The molecule has 1 heterocycles. The van der Waals surface area contributed by atoms with Crippen molar-refractivity contribution in [3.05, 3.63) is 71.4 Å². The fraction of sp³-hybridized carbons (Fsp3) is 0.105. The topological polar surface area (TPSA) is 64.0 Å². The normalized spacial score (nSPS) is 12.0. The number of nitrogens with one attached hydrogen (secondary N) is 1. The Bertz CT molecular complexity index is 958. The Kier molecular flexibility index (Phi) is 3.27. The summed E-state index contributed by atoms with van der Waals surface area (Å²) in [4.78, 5) is 25.2. The molecule has 0 saturated heterocycles. The fourth-order valence-corrected chi connectivity index (χ4v) is 3.06. The van der Waals surface area contributed by atoms with Gasteiger partial charge in [-0.15, -0.1) is 0 Å². The maximum absolute atomic E-state index is 12.8. The summed E-state index contributed by atoms with van der Waals surface area (Å²) in [5.41, 5.74) is 3.48. The number of rotatable bonds is 3. The van der Waals surface area contributed by atoms with Crippen LogP contribution in [0.15, 0.2) is 54.6 Å². The van der Waals surface area contributed by atoms with Crippen LogP contribution in [0.5, 0.6) is 0 Å². The van der Waals surface area contributed by atoms with Crippen LogP contribution in [0.4, 0.5) is 0 Å². The van der Waals surface area contributed by atoms with Gasteiger partial charge in [0.05, 0.1) is 16.9 Å². The summed E-state index contributed by atoms with van der Waals surface area (Å²) in [6.07, 6.45) is 0. The minimum Gasteiger partial charge on any atom is -0.351 e. The molecule has 0 aliphatic heterocycles. The summed E-state index contributed by atoms with van der Waals surface area (Å²) in [6, 6.07) is 16.9. The highest BCUT2D eigenvalue weighted by Crippen LogP contribution is 2.39. The molecular formula is C19H15N3O2. The van der Waals surface area contributed by atoms with E-state index in [1.807, 2.05) is 55.5 Å². The van der Waals surface area contributed by atoms with Crippen molar-refractivity contribution in [2.45, 2.75) is 6.92 Å². The molecule has 118 valence electrons. The van der Waals surface area contributed by atoms with Gasteiger partial charge >= 0.3 is 0 Å². The average Bonchev–Trinajstić information content (AvgIpc) is 3.14. The molecule has 0 atom stereocenters. The first-order chi connectivity index (χ1) is 11.7. The van der Waals surface area contributed by atoms with E-state index in [1.54, 1.807) is 10.7 Å². The van der Waals surface area contributed by atoms with E-state index in [9.17, 15) is 9.59 Å². The second-order valence-corrected chi connectivity index (χ2v) is 5.55. The van der Waals surface area contributed by atoms with Gasteiger partial charge in [-0.25, -0.2) is 4.68 Å². The largest absolute Gasteiger partial charge is 0.351 e. The Morgan fingerprint density at radius 1 is 1.04 bits per heavy atom. The fourth-order valence-electron chi connectivity index (χ4n) is 3.06. The quantitative estimate of drug-likeness (QED) is 0.632. The first kappa shape index (κ1) is 14.4. The van der Waals surface area contributed by atoms with Crippen molar-refractivity contribution >= 4 is 11.7 Å². The number of hydrogen-bond acceptors (Lipinski definition) is 3. The van der Waals surface area contributed by atoms with Crippen molar-refractivity contribution in [3.63, 3.8) is 0 Å². The molecule has 0 radical (unpaired) electrons. The van der Waals surface area contributed by atoms with E-state index in [2.05, 4.69) is 10.4 Å².